The first kappa shape index (κ1) is 24.2. The van der Waals surface area contributed by atoms with Crippen LogP contribution in [-0.4, -0.2) is 24.6 Å². The van der Waals surface area contributed by atoms with Gasteiger partial charge in [-0.2, -0.15) is 0 Å². The number of fused-ring (bicyclic) bond motifs is 4. The maximum Gasteiger partial charge on any atom is 0.338 e. The second-order valence-electron chi connectivity index (χ2n) is 8.97. The fourth-order valence-corrected chi connectivity index (χ4v) is 4.59. The third kappa shape index (κ3) is 4.02. The van der Waals surface area contributed by atoms with Gasteiger partial charge in [-0.3, -0.25) is 14.4 Å². The van der Waals surface area contributed by atoms with Crippen molar-refractivity contribution in [3.05, 3.63) is 110 Å². The number of rotatable bonds is 6. The highest BCUT2D eigenvalue weighted by Gasteiger charge is 2.36. The Labute approximate surface area is 212 Å². The van der Waals surface area contributed by atoms with Crippen molar-refractivity contribution in [3.63, 3.8) is 0 Å². The van der Waals surface area contributed by atoms with Crippen molar-refractivity contribution in [2.45, 2.75) is 32.8 Å². The lowest BCUT2D eigenvalue weighted by Crippen LogP contribution is -2.24. The van der Waals surface area contributed by atoms with Crippen molar-refractivity contribution in [2.24, 2.45) is 0 Å². The minimum atomic E-state index is -0.579. The summed E-state index contributed by atoms with van der Waals surface area (Å²) >= 11 is 0. The molecule has 1 aliphatic carbocycles. The number of ether oxygens (including phenoxy) is 2. The smallest absolute Gasteiger partial charge is 0.338 e. The lowest BCUT2D eigenvalue weighted by Gasteiger charge is -2.22. The molecule has 5 rings (SSSR count). The van der Waals surface area contributed by atoms with E-state index in [1.54, 1.807) is 48.5 Å². The molecule has 0 saturated heterocycles. The van der Waals surface area contributed by atoms with Crippen molar-refractivity contribution in [1.82, 2.24) is 0 Å². The van der Waals surface area contributed by atoms with Gasteiger partial charge in [0.15, 0.2) is 11.2 Å². The van der Waals surface area contributed by atoms with E-state index in [0.717, 1.165) is 0 Å². The first-order valence-corrected chi connectivity index (χ1v) is 12.0. The summed E-state index contributed by atoms with van der Waals surface area (Å²) in [6, 6.07) is 16.1. The minimum absolute atomic E-state index is 0.0115. The third-order valence-corrected chi connectivity index (χ3v) is 6.76. The predicted octanol–water partition coefficient (Wildman–Crippen LogP) is 5.45. The van der Waals surface area contributed by atoms with Gasteiger partial charge in [0.25, 0.3) is 0 Å². The second kappa shape index (κ2) is 9.50. The number of carbonyl (C=O) groups is 3. The van der Waals surface area contributed by atoms with Gasteiger partial charge in [-0.1, -0.05) is 44.2 Å². The topological polar surface area (TPSA) is 99.9 Å². The van der Waals surface area contributed by atoms with Crippen LogP contribution in [0.2, 0.25) is 0 Å². The maximum absolute atomic E-state index is 13.8. The number of hydrogen-bond acceptors (Lipinski definition) is 7. The Bertz CT molecular complexity index is 1630. The van der Waals surface area contributed by atoms with E-state index in [4.69, 9.17) is 13.9 Å². The summed E-state index contributed by atoms with van der Waals surface area (Å²) in [5.41, 5.74) is 0.702. The van der Waals surface area contributed by atoms with Gasteiger partial charge in [0.2, 0.25) is 5.78 Å². The van der Waals surface area contributed by atoms with Gasteiger partial charge in [-0.25, -0.2) is 4.79 Å². The van der Waals surface area contributed by atoms with Gasteiger partial charge in [-0.15, -0.1) is 0 Å². The number of benzene rings is 3. The van der Waals surface area contributed by atoms with Crippen LogP contribution in [0.1, 0.15) is 79.7 Å². The Morgan fingerprint density at radius 3 is 2.38 bits per heavy atom. The van der Waals surface area contributed by atoms with E-state index >= 15 is 0 Å². The molecule has 0 aliphatic heterocycles. The fourth-order valence-electron chi connectivity index (χ4n) is 4.59. The molecule has 0 radical (unpaired) electrons. The molecule has 0 bridgehead atoms. The van der Waals surface area contributed by atoms with Crippen LogP contribution < -0.4 is 10.2 Å². The molecular formula is C30H24O7. The van der Waals surface area contributed by atoms with Crippen LogP contribution in [0.5, 0.6) is 5.75 Å². The number of carbonyl (C=O) groups excluding carboxylic acids is 3. The highest BCUT2D eigenvalue weighted by molar-refractivity contribution is 6.32. The SMILES string of the molecule is CCC(C)c1cc(=O)c2c(COC(=O)c3ccccc3)cc3c(c2o1)C(=O)c1c(OC)cccc1C3=O. The lowest BCUT2D eigenvalue weighted by molar-refractivity contribution is 0.0474. The molecule has 7 heteroatoms. The summed E-state index contributed by atoms with van der Waals surface area (Å²) in [7, 11) is 1.42. The fraction of sp³-hybridized carbons (Fsp3) is 0.200. The maximum atomic E-state index is 13.8. The molecule has 0 saturated carbocycles. The van der Waals surface area contributed by atoms with Gasteiger partial charge in [0.1, 0.15) is 23.7 Å². The molecule has 1 aromatic heterocycles. The average Bonchev–Trinajstić information content (AvgIpc) is 2.93. The zero-order chi connectivity index (χ0) is 26.3. The molecule has 0 fully saturated rings. The molecule has 186 valence electrons. The Hall–Kier alpha value is -4.52. The molecule has 0 spiro atoms. The molecule has 1 unspecified atom stereocenters. The lowest BCUT2D eigenvalue weighted by atomic mass is 9.81. The highest BCUT2D eigenvalue weighted by Crippen LogP contribution is 2.38. The van der Waals surface area contributed by atoms with Crippen molar-refractivity contribution >= 4 is 28.5 Å². The zero-order valence-electron chi connectivity index (χ0n) is 20.6. The molecular weight excluding hydrogens is 472 g/mol. The Balaban J connectivity index is 1.73. The summed E-state index contributed by atoms with van der Waals surface area (Å²) in [6.45, 7) is 3.59. The van der Waals surface area contributed by atoms with Crippen LogP contribution in [0.15, 0.2) is 69.9 Å². The summed E-state index contributed by atoms with van der Waals surface area (Å²) < 4.78 is 17.0. The van der Waals surface area contributed by atoms with Crippen LogP contribution in [0.4, 0.5) is 0 Å². The van der Waals surface area contributed by atoms with Crippen LogP contribution >= 0.6 is 0 Å². The molecule has 7 nitrogen and oxygen atoms in total. The summed E-state index contributed by atoms with van der Waals surface area (Å²) in [4.78, 5) is 53.4. The average molecular weight is 497 g/mol. The van der Waals surface area contributed by atoms with Crippen LogP contribution in [0, 0.1) is 0 Å². The van der Waals surface area contributed by atoms with Crippen LogP contribution in [0.25, 0.3) is 11.0 Å². The molecule has 0 N–H and O–H groups in total. The molecule has 0 amide bonds. The van der Waals surface area contributed by atoms with Crippen molar-refractivity contribution in [3.8, 4) is 5.75 Å². The minimum Gasteiger partial charge on any atom is -0.496 e. The quantitative estimate of drug-likeness (QED) is 0.288. The van der Waals surface area contributed by atoms with Crippen molar-refractivity contribution in [1.29, 1.82) is 0 Å². The van der Waals surface area contributed by atoms with E-state index in [1.807, 2.05) is 13.8 Å². The molecule has 37 heavy (non-hydrogen) atoms. The molecule has 3 aromatic carbocycles. The van der Waals surface area contributed by atoms with Crippen molar-refractivity contribution in [2.75, 3.05) is 7.11 Å². The molecule has 4 aromatic rings. The number of ketones is 2. The van der Waals surface area contributed by atoms with E-state index in [2.05, 4.69) is 0 Å². The first-order valence-electron chi connectivity index (χ1n) is 12.0. The summed E-state index contributed by atoms with van der Waals surface area (Å²) in [5.74, 6) is -0.877. The second-order valence-corrected chi connectivity index (χ2v) is 8.97. The molecule has 1 atom stereocenters. The number of hydrogen-bond donors (Lipinski definition) is 0. The van der Waals surface area contributed by atoms with Gasteiger partial charge in [0.05, 0.1) is 29.2 Å². The number of methoxy groups -OCH3 is 1. The zero-order valence-corrected chi connectivity index (χ0v) is 20.6. The number of esters is 1. The Morgan fingerprint density at radius 1 is 0.919 bits per heavy atom. The van der Waals surface area contributed by atoms with E-state index in [1.165, 1.54) is 19.2 Å². The first-order chi connectivity index (χ1) is 17.8. The van der Waals surface area contributed by atoms with Crippen molar-refractivity contribution < 1.29 is 28.3 Å². The van der Waals surface area contributed by atoms with Gasteiger partial charge < -0.3 is 13.9 Å². The summed E-state index contributed by atoms with van der Waals surface area (Å²) in [6.07, 6.45) is 0.703. The van der Waals surface area contributed by atoms with Gasteiger partial charge in [0, 0.05) is 28.7 Å². The summed E-state index contributed by atoms with van der Waals surface area (Å²) in [5, 5.41) is 0.103. The standard InChI is InChI=1S/C30H24O7/c1-4-16(2)23-14-21(31)24-18(15-36-30(34)17-9-6-5-7-10-17)13-20-26(29(24)37-23)28(33)25-19(27(20)32)11-8-12-22(25)35-3/h5-14,16H,4,15H2,1-3H3. The Kier molecular flexibility index (Phi) is 6.21. The van der Waals surface area contributed by atoms with E-state index in [9.17, 15) is 19.2 Å². The third-order valence-electron chi connectivity index (χ3n) is 6.76. The van der Waals surface area contributed by atoms with Crippen LogP contribution in [0.3, 0.4) is 0 Å². The van der Waals surface area contributed by atoms with Gasteiger partial charge >= 0.3 is 5.97 Å². The van der Waals surface area contributed by atoms with E-state index < -0.39 is 17.5 Å². The van der Waals surface area contributed by atoms with Gasteiger partial charge in [-0.05, 0) is 30.7 Å². The van der Waals surface area contributed by atoms with E-state index in [-0.39, 0.29) is 62.5 Å². The predicted molar refractivity (Wildman–Crippen MR) is 137 cm³/mol. The molecule has 1 aliphatic rings. The highest BCUT2D eigenvalue weighted by atomic mass is 16.5. The van der Waals surface area contributed by atoms with E-state index in [0.29, 0.717) is 17.7 Å². The Morgan fingerprint density at radius 2 is 1.68 bits per heavy atom. The normalized spacial score (nSPS) is 13.2. The molecule has 1 heterocycles. The van der Waals surface area contributed by atoms with Crippen LogP contribution in [-0.2, 0) is 11.3 Å². The monoisotopic (exact) mass is 496 g/mol. The largest absolute Gasteiger partial charge is 0.496 e.